The van der Waals surface area contributed by atoms with Crippen LogP contribution in [0.15, 0.2) is 71.7 Å². The Morgan fingerprint density at radius 1 is 1.00 bits per heavy atom. The third-order valence-corrected chi connectivity index (χ3v) is 6.50. The lowest BCUT2D eigenvalue weighted by molar-refractivity contribution is -0.121. The Morgan fingerprint density at radius 3 is 2.66 bits per heavy atom. The Labute approximate surface area is 174 Å². The van der Waals surface area contributed by atoms with E-state index in [1.165, 1.54) is 5.56 Å². The molecule has 0 aliphatic carbocycles. The number of anilines is 2. The van der Waals surface area contributed by atoms with E-state index in [1.807, 2.05) is 55.6 Å². The molecule has 0 aromatic heterocycles. The highest BCUT2D eigenvalue weighted by Gasteiger charge is 2.56. The summed E-state index contributed by atoms with van der Waals surface area (Å²) in [5.41, 5.74) is 4.95. The third kappa shape index (κ3) is 2.04. The molecule has 1 amide bonds. The first-order valence-corrected chi connectivity index (χ1v) is 10.1. The van der Waals surface area contributed by atoms with Crippen LogP contribution in [0.5, 0.6) is 0 Å². The van der Waals surface area contributed by atoms with Crippen LogP contribution in [0.4, 0.5) is 11.4 Å². The Balaban J connectivity index is 1.74. The molecule has 3 aromatic rings. The van der Waals surface area contributed by atoms with Crippen LogP contribution in [0.1, 0.15) is 22.3 Å². The van der Waals surface area contributed by atoms with Gasteiger partial charge in [0.15, 0.2) is 5.54 Å². The maximum atomic E-state index is 13.8. The van der Waals surface area contributed by atoms with Crippen LogP contribution < -0.4 is 9.80 Å². The maximum absolute atomic E-state index is 13.8. The molecule has 0 saturated carbocycles. The fraction of sp³-hybridized carbons (Fsp3) is 0.167. The molecule has 3 heterocycles. The van der Waals surface area contributed by atoms with Crippen LogP contribution in [-0.4, -0.2) is 25.3 Å². The van der Waals surface area contributed by atoms with Crippen molar-refractivity contribution in [3.63, 3.8) is 0 Å². The van der Waals surface area contributed by atoms with Gasteiger partial charge in [-0.15, -0.1) is 0 Å². The second kappa shape index (κ2) is 5.71. The van der Waals surface area contributed by atoms with Gasteiger partial charge in [-0.25, -0.2) is 4.99 Å². The van der Waals surface area contributed by atoms with Crippen molar-refractivity contribution in [1.82, 2.24) is 0 Å². The number of carbonyl (C=O) groups is 1. The molecule has 0 radical (unpaired) electrons. The van der Waals surface area contributed by atoms with Crippen molar-refractivity contribution in [3.05, 3.63) is 94.0 Å². The van der Waals surface area contributed by atoms with Gasteiger partial charge in [0, 0.05) is 35.3 Å². The number of hydrogen-bond acceptors (Lipinski definition) is 3. The van der Waals surface area contributed by atoms with Gasteiger partial charge in [-0.2, -0.15) is 0 Å². The second-order valence-corrected chi connectivity index (χ2v) is 8.19. The van der Waals surface area contributed by atoms with Gasteiger partial charge in [0.05, 0.1) is 11.4 Å². The lowest BCUT2D eigenvalue weighted by Gasteiger charge is -2.37. The third-order valence-electron chi connectivity index (χ3n) is 6.27. The van der Waals surface area contributed by atoms with E-state index in [0.29, 0.717) is 5.02 Å². The van der Waals surface area contributed by atoms with Crippen LogP contribution in [0.25, 0.3) is 0 Å². The first kappa shape index (κ1) is 16.8. The number of nitrogens with zero attached hydrogens (tertiary/aromatic N) is 3. The topological polar surface area (TPSA) is 35.9 Å². The molecule has 3 aromatic carbocycles. The van der Waals surface area contributed by atoms with Gasteiger partial charge in [-0.3, -0.25) is 4.79 Å². The second-order valence-electron chi connectivity index (χ2n) is 7.75. The van der Waals surface area contributed by atoms with E-state index in [0.717, 1.165) is 46.9 Å². The average Bonchev–Trinajstić information content (AvgIpc) is 3.26. The van der Waals surface area contributed by atoms with Crippen LogP contribution in [0.3, 0.4) is 0 Å². The van der Waals surface area contributed by atoms with Crippen molar-refractivity contribution in [2.75, 3.05) is 23.4 Å². The van der Waals surface area contributed by atoms with E-state index < -0.39 is 5.54 Å². The molecule has 1 unspecified atom stereocenters. The van der Waals surface area contributed by atoms with E-state index in [2.05, 4.69) is 23.1 Å². The molecular weight excluding hydrogens is 382 g/mol. The molecule has 3 aliphatic rings. The zero-order valence-corrected chi connectivity index (χ0v) is 16.6. The average molecular weight is 400 g/mol. The molecule has 142 valence electrons. The Bertz CT molecular complexity index is 1220. The van der Waals surface area contributed by atoms with Crippen molar-refractivity contribution in [1.29, 1.82) is 0 Å². The molecule has 29 heavy (non-hydrogen) atoms. The molecule has 0 saturated heterocycles. The summed E-state index contributed by atoms with van der Waals surface area (Å²) in [5, 5.41) is 0.609. The van der Waals surface area contributed by atoms with Gasteiger partial charge >= 0.3 is 0 Å². The number of amidine groups is 1. The molecule has 0 N–H and O–H groups in total. The van der Waals surface area contributed by atoms with E-state index in [4.69, 9.17) is 16.6 Å². The number of fused-ring (bicyclic) bond motifs is 3. The number of rotatable bonds is 1. The van der Waals surface area contributed by atoms with Gasteiger partial charge in [-0.1, -0.05) is 60.1 Å². The molecular formula is C24H18ClN3O. The van der Waals surface area contributed by atoms with Crippen LogP contribution >= 0.6 is 11.6 Å². The fourth-order valence-electron chi connectivity index (χ4n) is 4.97. The molecule has 1 spiro atoms. The number of likely N-dealkylation sites (N-methyl/N-ethyl adjacent to an activating group) is 1. The molecule has 0 fully saturated rings. The number of halogens is 1. The minimum atomic E-state index is -1.10. The van der Waals surface area contributed by atoms with Crippen molar-refractivity contribution < 1.29 is 4.79 Å². The van der Waals surface area contributed by atoms with Gasteiger partial charge in [0.2, 0.25) is 0 Å². The number of amides is 1. The first-order chi connectivity index (χ1) is 14.1. The van der Waals surface area contributed by atoms with E-state index in [1.54, 1.807) is 4.90 Å². The van der Waals surface area contributed by atoms with E-state index >= 15 is 0 Å². The molecule has 3 aliphatic heterocycles. The number of hydrogen-bond donors (Lipinski definition) is 0. The quantitative estimate of drug-likeness (QED) is 0.608. The van der Waals surface area contributed by atoms with Crippen molar-refractivity contribution in [3.8, 4) is 0 Å². The Kier molecular flexibility index (Phi) is 3.31. The fourth-order valence-corrected chi connectivity index (χ4v) is 5.14. The summed E-state index contributed by atoms with van der Waals surface area (Å²) in [6.45, 7) is 0.864. The van der Waals surface area contributed by atoms with Gasteiger partial charge in [0.1, 0.15) is 5.84 Å². The smallest absolute Gasteiger partial charge is 0.264 e. The zero-order valence-electron chi connectivity index (χ0n) is 15.9. The molecule has 1 atom stereocenters. The van der Waals surface area contributed by atoms with Crippen molar-refractivity contribution in [2.24, 2.45) is 4.99 Å². The van der Waals surface area contributed by atoms with Crippen molar-refractivity contribution >= 4 is 34.7 Å². The minimum absolute atomic E-state index is 0.0388. The lowest BCUT2D eigenvalue weighted by atomic mass is 9.81. The predicted molar refractivity (Wildman–Crippen MR) is 116 cm³/mol. The van der Waals surface area contributed by atoms with Crippen LogP contribution in [-0.2, 0) is 16.8 Å². The monoisotopic (exact) mass is 399 g/mol. The number of para-hydroxylation sites is 1. The van der Waals surface area contributed by atoms with Gasteiger partial charge in [0.25, 0.3) is 5.91 Å². The standard InChI is InChI=1S/C24H18ClN3O/c1-27-20-11-10-17(25)14-19(20)24(23(27)29)18-9-5-8-15-12-13-28(21(15)18)22(26-24)16-6-3-2-4-7-16/h2-11,14H,12-13H2,1H3. The summed E-state index contributed by atoms with van der Waals surface area (Å²) in [6.07, 6.45) is 0.942. The minimum Gasteiger partial charge on any atom is -0.325 e. The van der Waals surface area contributed by atoms with E-state index in [-0.39, 0.29) is 5.91 Å². The van der Waals surface area contributed by atoms with Crippen LogP contribution in [0, 0.1) is 0 Å². The zero-order chi connectivity index (χ0) is 19.8. The predicted octanol–water partition coefficient (Wildman–Crippen LogP) is 4.38. The highest BCUT2D eigenvalue weighted by Crippen LogP contribution is 2.54. The summed E-state index contributed by atoms with van der Waals surface area (Å²) in [5.74, 6) is 0.806. The summed E-state index contributed by atoms with van der Waals surface area (Å²) in [4.78, 5) is 23.0. The number of benzene rings is 3. The molecule has 6 rings (SSSR count). The SMILES string of the molecule is CN1C(=O)C2(N=C(c3ccccc3)N3CCc4cccc2c43)c2cc(Cl)ccc21. The number of carbonyl (C=O) groups excluding carboxylic acids is 1. The summed E-state index contributed by atoms with van der Waals surface area (Å²) >= 11 is 6.39. The normalized spacial score (nSPS) is 21.4. The Hall–Kier alpha value is -3.11. The summed E-state index contributed by atoms with van der Waals surface area (Å²) in [7, 11) is 1.82. The largest absolute Gasteiger partial charge is 0.325 e. The van der Waals surface area contributed by atoms with Crippen LogP contribution in [0.2, 0.25) is 5.02 Å². The maximum Gasteiger partial charge on any atom is 0.264 e. The first-order valence-electron chi connectivity index (χ1n) is 9.74. The van der Waals surface area contributed by atoms with Gasteiger partial charge in [-0.05, 0) is 30.2 Å². The van der Waals surface area contributed by atoms with Crippen molar-refractivity contribution in [2.45, 2.75) is 12.0 Å². The highest BCUT2D eigenvalue weighted by molar-refractivity contribution is 6.31. The molecule has 4 nitrogen and oxygen atoms in total. The lowest BCUT2D eigenvalue weighted by Crippen LogP contribution is -2.46. The van der Waals surface area contributed by atoms with E-state index in [9.17, 15) is 4.79 Å². The van der Waals surface area contributed by atoms with Gasteiger partial charge < -0.3 is 9.80 Å². The summed E-state index contributed by atoms with van der Waals surface area (Å²) in [6, 6.07) is 22.0. The highest BCUT2D eigenvalue weighted by atomic mass is 35.5. The number of aliphatic imine (C=N–C) groups is 1. The Morgan fingerprint density at radius 2 is 1.83 bits per heavy atom. The molecule has 0 bridgehead atoms. The summed E-state index contributed by atoms with van der Waals surface area (Å²) < 4.78 is 0. The molecule has 5 heteroatoms.